The van der Waals surface area contributed by atoms with Gasteiger partial charge in [-0.2, -0.15) is 0 Å². The lowest BCUT2D eigenvalue weighted by atomic mass is 9.67. The maximum atomic E-state index is 13.9. The van der Waals surface area contributed by atoms with E-state index in [1.165, 1.54) is 42.8 Å². The van der Waals surface area contributed by atoms with Crippen LogP contribution in [0.1, 0.15) is 55.3 Å². The third-order valence-corrected chi connectivity index (χ3v) is 7.96. The molecule has 0 bridgehead atoms. The molecule has 0 unspecified atom stereocenters. The molecule has 156 valence electrons. The van der Waals surface area contributed by atoms with Crippen molar-refractivity contribution >= 4 is 10.9 Å². The fourth-order valence-corrected chi connectivity index (χ4v) is 6.43. The Kier molecular flexibility index (Phi) is 4.29. The lowest BCUT2D eigenvalue weighted by molar-refractivity contribution is -0.116. The van der Waals surface area contributed by atoms with Crippen LogP contribution in [0.2, 0.25) is 0 Å². The normalized spacial score (nSPS) is 29.5. The summed E-state index contributed by atoms with van der Waals surface area (Å²) in [6.07, 6.45) is 7.65. The molecule has 2 aliphatic heterocycles. The van der Waals surface area contributed by atoms with Gasteiger partial charge in [0.15, 0.2) is 0 Å². The first-order valence-electron chi connectivity index (χ1n) is 11.5. The molecule has 0 amide bonds. The summed E-state index contributed by atoms with van der Waals surface area (Å²) in [4.78, 5) is 6.37. The quantitative estimate of drug-likeness (QED) is 0.599. The predicted molar refractivity (Wildman–Crippen MR) is 117 cm³/mol. The average molecular weight is 405 g/mol. The Hall–Kier alpha value is -2.17. The van der Waals surface area contributed by atoms with E-state index in [0.29, 0.717) is 0 Å². The zero-order valence-corrected chi connectivity index (χ0v) is 17.4. The van der Waals surface area contributed by atoms with Crippen molar-refractivity contribution in [2.75, 3.05) is 19.7 Å². The molecule has 3 nitrogen and oxygen atoms in total. The molecule has 3 heterocycles. The van der Waals surface area contributed by atoms with Gasteiger partial charge in [-0.3, -0.25) is 4.90 Å². The highest BCUT2D eigenvalue weighted by molar-refractivity contribution is 5.85. The van der Waals surface area contributed by atoms with Gasteiger partial charge in [0.05, 0.1) is 12.3 Å². The number of benzene rings is 2. The Morgan fingerprint density at radius 1 is 0.933 bits per heavy atom. The summed E-state index contributed by atoms with van der Waals surface area (Å²) in [6, 6.07) is 16.2. The number of H-pyrrole nitrogens is 1. The van der Waals surface area contributed by atoms with Crippen LogP contribution in [0.3, 0.4) is 0 Å². The minimum Gasteiger partial charge on any atom is -0.368 e. The number of nitrogens with zero attached hydrogens (tertiary/aromatic N) is 1. The van der Waals surface area contributed by atoms with Gasteiger partial charge in [-0.1, -0.05) is 30.3 Å². The monoisotopic (exact) mass is 404 g/mol. The molecule has 1 aromatic heterocycles. The van der Waals surface area contributed by atoms with E-state index >= 15 is 0 Å². The number of likely N-dealkylation sites (tertiary alicyclic amines) is 1. The van der Waals surface area contributed by atoms with Crippen molar-refractivity contribution in [3.8, 4) is 0 Å². The number of hydrogen-bond acceptors (Lipinski definition) is 2. The minimum absolute atomic E-state index is 0.113. The Labute approximate surface area is 177 Å². The molecule has 4 heteroatoms. The van der Waals surface area contributed by atoms with Gasteiger partial charge in [0.2, 0.25) is 0 Å². The van der Waals surface area contributed by atoms with E-state index in [1.54, 1.807) is 12.1 Å². The van der Waals surface area contributed by atoms with Gasteiger partial charge in [-0.25, -0.2) is 4.39 Å². The zero-order chi connectivity index (χ0) is 20.2. The maximum absolute atomic E-state index is 13.9. The topological polar surface area (TPSA) is 28.3 Å². The predicted octanol–water partition coefficient (Wildman–Crippen LogP) is 5.64. The van der Waals surface area contributed by atoms with Gasteiger partial charge in [-0.15, -0.1) is 0 Å². The van der Waals surface area contributed by atoms with Gasteiger partial charge in [-0.05, 0) is 87.4 Å². The Bertz CT molecular complexity index is 1060. The first-order chi connectivity index (χ1) is 14.7. The van der Waals surface area contributed by atoms with E-state index in [1.807, 2.05) is 6.07 Å². The summed E-state index contributed by atoms with van der Waals surface area (Å²) < 4.78 is 20.5. The molecule has 3 aliphatic rings. The number of aromatic amines is 1. The van der Waals surface area contributed by atoms with Crippen molar-refractivity contribution in [3.63, 3.8) is 0 Å². The summed E-state index contributed by atoms with van der Waals surface area (Å²) in [6.45, 7) is 3.11. The number of nitrogens with one attached hydrogen (secondary N) is 1. The first-order valence-corrected chi connectivity index (χ1v) is 11.5. The van der Waals surface area contributed by atoms with Gasteiger partial charge >= 0.3 is 0 Å². The Morgan fingerprint density at radius 3 is 2.47 bits per heavy atom. The minimum atomic E-state index is -0.263. The number of aromatic nitrogens is 1. The van der Waals surface area contributed by atoms with Crippen molar-refractivity contribution in [3.05, 3.63) is 71.2 Å². The number of halogens is 1. The fourth-order valence-electron chi connectivity index (χ4n) is 6.43. The lowest BCUT2D eigenvalue weighted by Crippen LogP contribution is -2.51. The third-order valence-electron chi connectivity index (χ3n) is 7.96. The van der Waals surface area contributed by atoms with Crippen molar-refractivity contribution in [1.82, 2.24) is 9.88 Å². The van der Waals surface area contributed by atoms with Crippen molar-refractivity contribution in [2.45, 2.75) is 56.1 Å². The fraction of sp³-hybridized carbons (Fsp3) is 0.462. The average Bonchev–Trinajstić information content (AvgIpc) is 3.45. The molecule has 1 aliphatic carbocycles. The molecule has 0 atom stereocenters. The van der Waals surface area contributed by atoms with Crippen molar-refractivity contribution in [1.29, 1.82) is 0 Å². The molecule has 30 heavy (non-hydrogen) atoms. The van der Waals surface area contributed by atoms with Gasteiger partial charge in [0, 0.05) is 16.4 Å². The van der Waals surface area contributed by atoms with Crippen molar-refractivity contribution < 1.29 is 9.13 Å². The maximum Gasteiger partial charge on any atom is 0.123 e. The Balaban J connectivity index is 1.39. The summed E-state index contributed by atoms with van der Waals surface area (Å²) in [5.74, 6) is -0.161. The van der Waals surface area contributed by atoms with Crippen LogP contribution in [0.4, 0.5) is 4.39 Å². The summed E-state index contributed by atoms with van der Waals surface area (Å²) >= 11 is 0. The van der Waals surface area contributed by atoms with E-state index in [0.717, 1.165) is 49.6 Å². The highest BCUT2D eigenvalue weighted by Gasteiger charge is 2.50. The van der Waals surface area contributed by atoms with E-state index in [9.17, 15) is 4.39 Å². The van der Waals surface area contributed by atoms with Crippen LogP contribution in [-0.4, -0.2) is 29.6 Å². The summed E-state index contributed by atoms with van der Waals surface area (Å²) in [5.41, 5.74) is 4.81. The molecule has 1 spiro atoms. The second kappa shape index (κ2) is 6.93. The van der Waals surface area contributed by atoms with Crippen LogP contribution in [0.25, 0.3) is 10.9 Å². The molecule has 1 saturated heterocycles. The summed E-state index contributed by atoms with van der Waals surface area (Å²) in [5, 5.41) is 1.03. The van der Waals surface area contributed by atoms with Gasteiger partial charge in [0.1, 0.15) is 11.4 Å². The molecule has 0 radical (unpaired) electrons. The SMILES string of the molecule is Fc1ccc2[nH]c3c(c2c1)CCOC31CCC(c2ccccc2)(N2CCCC2)CC1. The van der Waals surface area contributed by atoms with Gasteiger partial charge < -0.3 is 9.72 Å². The standard InChI is InChI=1S/C26H29FN2O/c27-20-8-9-23-22(18-20)21-10-17-30-26(24(21)28-23)13-11-25(12-14-26,29-15-4-5-16-29)19-6-2-1-3-7-19/h1-3,6-9,18,28H,4-5,10-17H2. The third kappa shape index (κ3) is 2.70. The molecular formula is C26H29FN2O. The number of fused-ring (bicyclic) bond motifs is 4. The van der Waals surface area contributed by atoms with Crippen LogP contribution in [0, 0.1) is 5.82 Å². The first kappa shape index (κ1) is 18.6. The number of rotatable bonds is 2. The zero-order valence-electron chi connectivity index (χ0n) is 17.4. The van der Waals surface area contributed by atoms with E-state index in [-0.39, 0.29) is 17.0 Å². The van der Waals surface area contributed by atoms with Crippen LogP contribution in [0.5, 0.6) is 0 Å². The molecule has 1 saturated carbocycles. The smallest absolute Gasteiger partial charge is 0.123 e. The van der Waals surface area contributed by atoms with Crippen LogP contribution < -0.4 is 0 Å². The van der Waals surface area contributed by atoms with Gasteiger partial charge in [0.25, 0.3) is 0 Å². The van der Waals surface area contributed by atoms with Crippen molar-refractivity contribution in [2.24, 2.45) is 0 Å². The second-order valence-corrected chi connectivity index (χ2v) is 9.35. The molecular weight excluding hydrogens is 375 g/mol. The molecule has 2 aromatic carbocycles. The van der Waals surface area contributed by atoms with E-state index in [2.05, 4.69) is 40.2 Å². The number of ether oxygens (including phenoxy) is 1. The Morgan fingerprint density at radius 2 is 1.70 bits per heavy atom. The summed E-state index contributed by atoms with van der Waals surface area (Å²) in [7, 11) is 0. The largest absolute Gasteiger partial charge is 0.368 e. The lowest BCUT2D eigenvalue weighted by Gasteiger charge is -2.51. The highest BCUT2D eigenvalue weighted by Crippen LogP contribution is 2.53. The van der Waals surface area contributed by atoms with E-state index < -0.39 is 0 Å². The second-order valence-electron chi connectivity index (χ2n) is 9.35. The molecule has 6 rings (SSSR count). The highest BCUT2D eigenvalue weighted by atomic mass is 19.1. The van der Waals surface area contributed by atoms with E-state index in [4.69, 9.17) is 4.74 Å². The van der Waals surface area contributed by atoms with Crippen LogP contribution >= 0.6 is 0 Å². The van der Waals surface area contributed by atoms with Crippen LogP contribution in [0.15, 0.2) is 48.5 Å². The van der Waals surface area contributed by atoms with Crippen LogP contribution in [-0.2, 0) is 22.3 Å². The number of hydrogen-bond donors (Lipinski definition) is 1. The molecule has 2 fully saturated rings. The molecule has 3 aromatic rings. The molecule has 1 N–H and O–H groups in total.